The SMILES string of the molecule is CCOCc1nc(N)cc(Oc2ccc(CC)cc2)n1. The Morgan fingerprint density at radius 2 is 1.85 bits per heavy atom. The van der Waals surface area contributed by atoms with Gasteiger partial charge in [0.05, 0.1) is 0 Å². The van der Waals surface area contributed by atoms with E-state index in [0.29, 0.717) is 30.7 Å². The van der Waals surface area contributed by atoms with Gasteiger partial charge in [0, 0.05) is 12.7 Å². The Kier molecular flexibility index (Phi) is 4.90. The van der Waals surface area contributed by atoms with Crippen LogP contribution in [0, 0.1) is 0 Å². The second-order valence-electron chi connectivity index (χ2n) is 4.28. The fourth-order valence-electron chi connectivity index (χ4n) is 1.72. The molecule has 0 radical (unpaired) electrons. The fourth-order valence-corrected chi connectivity index (χ4v) is 1.72. The third-order valence-electron chi connectivity index (χ3n) is 2.76. The van der Waals surface area contributed by atoms with Gasteiger partial charge < -0.3 is 15.2 Å². The Morgan fingerprint density at radius 1 is 1.10 bits per heavy atom. The van der Waals surface area contributed by atoms with Crippen LogP contribution in [0.2, 0.25) is 0 Å². The van der Waals surface area contributed by atoms with Crippen LogP contribution in [0.25, 0.3) is 0 Å². The van der Waals surface area contributed by atoms with Crippen LogP contribution in [0.15, 0.2) is 30.3 Å². The number of anilines is 1. The molecule has 0 amide bonds. The number of hydrogen-bond acceptors (Lipinski definition) is 5. The van der Waals surface area contributed by atoms with Crippen LogP contribution < -0.4 is 10.5 Å². The highest BCUT2D eigenvalue weighted by molar-refractivity contribution is 5.36. The third-order valence-corrected chi connectivity index (χ3v) is 2.76. The van der Waals surface area contributed by atoms with Crippen molar-refractivity contribution in [1.82, 2.24) is 9.97 Å². The number of benzene rings is 1. The quantitative estimate of drug-likeness (QED) is 0.876. The maximum atomic E-state index is 5.74. The minimum absolute atomic E-state index is 0.326. The summed E-state index contributed by atoms with van der Waals surface area (Å²) < 4.78 is 11.0. The van der Waals surface area contributed by atoms with E-state index >= 15 is 0 Å². The Morgan fingerprint density at radius 3 is 2.50 bits per heavy atom. The molecule has 1 aromatic carbocycles. The van der Waals surface area contributed by atoms with E-state index in [0.717, 1.165) is 12.2 Å². The first kappa shape index (κ1) is 14.3. The molecule has 0 unspecified atom stereocenters. The van der Waals surface area contributed by atoms with Gasteiger partial charge in [-0.3, -0.25) is 0 Å². The summed E-state index contributed by atoms with van der Waals surface area (Å²) in [6, 6.07) is 9.49. The van der Waals surface area contributed by atoms with Gasteiger partial charge in [-0.05, 0) is 31.0 Å². The zero-order chi connectivity index (χ0) is 14.4. The van der Waals surface area contributed by atoms with E-state index < -0.39 is 0 Å². The van der Waals surface area contributed by atoms with Crippen LogP contribution in [0.4, 0.5) is 5.82 Å². The van der Waals surface area contributed by atoms with Crippen molar-refractivity contribution in [2.24, 2.45) is 0 Å². The first-order valence-corrected chi connectivity index (χ1v) is 6.69. The summed E-state index contributed by atoms with van der Waals surface area (Å²) in [5.74, 6) is 2.04. The maximum absolute atomic E-state index is 5.74. The molecule has 0 aliphatic carbocycles. The molecule has 0 aliphatic rings. The predicted octanol–water partition coefficient (Wildman–Crippen LogP) is 2.95. The van der Waals surface area contributed by atoms with Crippen molar-refractivity contribution >= 4 is 5.82 Å². The van der Waals surface area contributed by atoms with Crippen LogP contribution in [-0.4, -0.2) is 16.6 Å². The maximum Gasteiger partial charge on any atom is 0.224 e. The molecule has 106 valence electrons. The molecule has 1 aromatic heterocycles. The van der Waals surface area contributed by atoms with Crippen LogP contribution >= 0.6 is 0 Å². The van der Waals surface area contributed by atoms with Gasteiger partial charge in [-0.25, -0.2) is 4.98 Å². The lowest BCUT2D eigenvalue weighted by molar-refractivity contribution is 0.128. The molecule has 0 fully saturated rings. The molecule has 2 N–H and O–H groups in total. The largest absolute Gasteiger partial charge is 0.439 e. The average molecular weight is 273 g/mol. The zero-order valence-electron chi connectivity index (χ0n) is 11.8. The van der Waals surface area contributed by atoms with Gasteiger partial charge in [0.1, 0.15) is 18.2 Å². The highest BCUT2D eigenvalue weighted by atomic mass is 16.5. The van der Waals surface area contributed by atoms with Crippen LogP contribution in [0.3, 0.4) is 0 Å². The fraction of sp³-hybridized carbons (Fsp3) is 0.333. The Balaban J connectivity index is 2.12. The van der Waals surface area contributed by atoms with Gasteiger partial charge in [-0.1, -0.05) is 19.1 Å². The number of nitrogens with zero attached hydrogens (tertiary/aromatic N) is 2. The minimum Gasteiger partial charge on any atom is -0.439 e. The molecule has 1 heterocycles. The molecule has 0 aliphatic heterocycles. The smallest absolute Gasteiger partial charge is 0.224 e. The topological polar surface area (TPSA) is 70.3 Å². The first-order chi connectivity index (χ1) is 9.71. The highest BCUT2D eigenvalue weighted by Gasteiger charge is 2.05. The summed E-state index contributed by atoms with van der Waals surface area (Å²) >= 11 is 0. The molecular weight excluding hydrogens is 254 g/mol. The summed E-state index contributed by atoms with van der Waals surface area (Å²) in [5, 5.41) is 0. The standard InChI is InChI=1S/C15H19N3O2/c1-3-11-5-7-12(8-6-11)20-15-9-13(16)17-14(18-15)10-19-4-2/h5-9H,3-4,10H2,1-2H3,(H2,16,17,18). The molecule has 5 heteroatoms. The molecular formula is C15H19N3O2. The molecule has 5 nitrogen and oxygen atoms in total. The van der Waals surface area contributed by atoms with Crippen molar-refractivity contribution in [3.63, 3.8) is 0 Å². The summed E-state index contributed by atoms with van der Waals surface area (Å²) in [6.45, 7) is 4.96. The number of hydrogen-bond donors (Lipinski definition) is 1. The lowest BCUT2D eigenvalue weighted by atomic mass is 10.2. The predicted molar refractivity (Wildman–Crippen MR) is 77.7 cm³/mol. The molecule has 0 spiro atoms. The van der Waals surface area contributed by atoms with E-state index in [-0.39, 0.29) is 0 Å². The summed E-state index contributed by atoms with van der Waals surface area (Å²) in [4.78, 5) is 8.37. The van der Waals surface area contributed by atoms with Gasteiger partial charge in [0.25, 0.3) is 0 Å². The van der Waals surface area contributed by atoms with Crippen LogP contribution in [0.5, 0.6) is 11.6 Å². The number of rotatable bonds is 6. The summed E-state index contributed by atoms with van der Waals surface area (Å²) in [6.07, 6.45) is 0.999. The van der Waals surface area contributed by atoms with Gasteiger partial charge in [0.15, 0.2) is 5.82 Å². The number of aromatic nitrogens is 2. The van der Waals surface area contributed by atoms with Crippen molar-refractivity contribution in [3.05, 3.63) is 41.7 Å². The van der Waals surface area contributed by atoms with Crippen molar-refractivity contribution in [3.8, 4) is 11.6 Å². The Labute approximate surface area is 118 Å². The van der Waals surface area contributed by atoms with Gasteiger partial charge in [-0.2, -0.15) is 4.98 Å². The van der Waals surface area contributed by atoms with Gasteiger partial charge in [0.2, 0.25) is 5.88 Å². The molecule has 0 atom stereocenters. The van der Waals surface area contributed by atoms with E-state index in [2.05, 4.69) is 16.9 Å². The monoisotopic (exact) mass is 273 g/mol. The molecule has 2 aromatic rings. The highest BCUT2D eigenvalue weighted by Crippen LogP contribution is 2.21. The second-order valence-corrected chi connectivity index (χ2v) is 4.28. The van der Waals surface area contributed by atoms with E-state index in [4.69, 9.17) is 15.2 Å². The van der Waals surface area contributed by atoms with Crippen molar-refractivity contribution in [2.75, 3.05) is 12.3 Å². The van der Waals surface area contributed by atoms with Gasteiger partial charge in [-0.15, -0.1) is 0 Å². The minimum atomic E-state index is 0.326. The van der Waals surface area contributed by atoms with Crippen molar-refractivity contribution in [1.29, 1.82) is 0 Å². The first-order valence-electron chi connectivity index (χ1n) is 6.69. The number of nitrogen functional groups attached to an aromatic ring is 1. The Bertz CT molecular complexity index is 556. The molecule has 0 bridgehead atoms. The normalized spacial score (nSPS) is 10.5. The molecule has 20 heavy (non-hydrogen) atoms. The van der Waals surface area contributed by atoms with Crippen LogP contribution in [0.1, 0.15) is 25.2 Å². The molecule has 0 saturated carbocycles. The van der Waals surface area contributed by atoms with E-state index in [9.17, 15) is 0 Å². The summed E-state index contributed by atoms with van der Waals surface area (Å²) in [5.41, 5.74) is 7.00. The number of aryl methyl sites for hydroxylation is 1. The lowest BCUT2D eigenvalue weighted by Crippen LogP contribution is -2.03. The van der Waals surface area contributed by atoms with Crippen molar-refractivity contribution < 1.29 is 9.47 Å². The number of nitrogens with two attached hydrogens (primary N) is 1. The third kappa shape index (κ3) is 3.93. The van der Waals surface area contributed by atoms with E-state index in [1.807, 2.05) is 31.2 Å². The summed E-state index contributed by atoms with van der Waals surface area (Å²) in [7, 11) is 0. The second kappa shape index (κ2) is 6.86. The van der Waals surface area contributed by atoms with Crippen molar-refractivity contribution in [2.45, 2.75) is 26.9 Å². The van der Waals surface area contributed by atoms with Crippen LogP contribution in [-0.2, 0) is 17.8 Å². The van der Waals surface area contributed by atoms with E-state index in [1.54, 1.807) is 6.07 Å². The Hall–Kier alpha value is -2.14. The molecule has 2 rings (SSSR count). The zero-order valence-corrected chi connectivity index (χ0v) is 11.8. The average Bonchev–Trinajstić information content (AvgIpc) is 2.45. The van der Waals surface area contributed by atoms with Gasteiger partial charge >= 0.3 is 0 Å². The lowest BCUT2D eigenvalue weighted by Gasteiger charge is -2.08. The molecule has 0 saturated heterocycles. The van der Waals surface area contributed by atoms with E-state index in [1.165, 1.54) is 5.56 Å². The number of ether oxygens (including phenoxy) is 2.